The fourth-order valence-electron chi connectivity index (χ4n) is 2.57. The molecule has 0 bridgehead atoms. The van der Waals surface area contributed by atoms with Crippen molar-refractivity contribution in [1.82, 2.24) is 4.90 Å². The molecule has 1 saturated heterocycles. The van der Waals surface area contributed by atoms with E-state index in [2.05, 4.69) is 4.74 Å². The molecule has 0 saturated carbocycles. The molecule has 1 atom stereocenters. The zero-order chi connectivity index (χ0) is 19.9. The molecule has 28 heavy (non-hydrogen) atoms. The largest absolute Gasteiger partial charge is 0.444 e. The van der Waals surface area contributed by atoms with Crippen LogP contribution in [0.25, 0.3) is 0 Å². The Hall–Kier alpha value is -3.68. The molecule has 2 aromatic carbocycles. The highest BCUT2D eigenvalue weighted by Gasteiger charge is 2.45. The third-order valence-corrected chi connectivity index (χ3v) is 3.96. The summed E-state index contributed by atoms with van der Waals surface area (Å²) in [6, 6.07) is 16.2. The maximum absolute atomic E-state index is 12.5. The van der Waals surface area contributed by atoms with Crippen LogP contribution in [0.3, 0.4) is 0 Å². The van der Waals surface area contributed by atoms with Crippen molar-refractivity contribution < 1.29 is 33.4 Å². The number of esters is 2. The van der Waals surface area contributed by atoms with Crippen molar-refractivity contribution in [3.8, 4) is 0 Å². The lowest BCUT2D eigenvalue weighted by Crippen LogP contribution is -2.47. The van der Waals surface area contributed by atoms with E-state index in [1.54, 1.807) is 60.7 Å². The van der Waals surface area contributed by atoms with Gasteiger partial charge in [-0.15, -0.1) is 0 Å². The third kappa shape index (κ3) is 4.73. The van der Waals surface area contributed by atoms with Crippen molar-refractivity contribution in [3.63, 3.8) is 0 Å². The minimum absolute atomic E-state index is 0.113. The van der Waals surface area contributed by atoms with Gasteiger partial charge in [-0.25, -0.2) is 14.4 Å². The molecule has 0 spiro atoms. The van der Waals surface area contributed by atoms with Crippen LogP contribution in [-0.2, 0) is 37.0 Å². The standard InChI is InChI=1S/C20H17NO7/c22-17-11-16(18(23)28-17)21(19(24)26-12-14-7-3-1-4-8-14)20(25)27-13-15-9-5-2-6-10-15/h1-10,16H,11-13H2/t16-/m0/s1. The number of carbonyl (C=O) groups excluding carboxylic acids is 4. The Labute approximate surface area is 160 Å². The van der Waals surface area contributed by atoms with E-state index >= 15 is 0 Å². The van der Waals surface area contributed by atoms with E-state index < -0.39 is 36.6 Å². The minimum atomic E-state index is -1.42. The Morgan fingerprint density at radius 3 is 1.71 bits per heavy atom. The SMILES string of the molecule is O=C1C[C@H](N(C(=O)OCc2ccccc2)C(=O)OCc2ccccc2)C(=O)O1. The number of imide groups is 1. The summed E-state index contributed by atoms with van der Waals surface area (Å²) in [5.74, 6) is -1.83. The van der Waals surface area contributed by atoms with Crippen LogP contribution in [0.15, 0.2) is 60.7 Å². The summed E-state index contributed by atoms with van der Waals surface area (Å²) in [5.41, 5.74) is 1.39. The van der Waals surface area contributed by atoms with Gasteiger partial charge in [-0.2, -0.15) is 4.90 Å². The van der Waals surface area contributed by atoms with E-state index in [1.165, 1.54) is 0 Å². The van der Waals surface area contributed by atoms with Crippen molar-refractivity contribution in [2.45, 2.75) is 25.7 Å². The lowest BCUT2D eigenvalue weighted by Gasteiger charge is -2.22. The van der Waals surface area contributed by atoms with Crippen molar-refractivity contribution >= 4 is 24.1 Å². The van der Waals surface area contributed by atoms with Gasteiger partial charge in [0.1, 0.15) is 13.2 Å². The van der Waals surface area contributed by atoms with Crippen LogP contribution < -0.4 is 0 Å². The first kappa shape index (κ1) is 19.1. The number of nitrogens with zero attached hydrogens (tertiary/aromatic N) is 1. The van der Waals surface area contributed by atoms with Gasteiger partial charge >= 0.3 is 24.1 Å². The molecule has 3 rings (SSSR count). The molecule has 2 aromatic rings. The predicted molar refractivity (Wildman–Crippen MR) is 94.6 cm³/mol. The maximum atomic E-state index is 12.5. The molecule has 2 amide bonds. The van der Waals surface area contributed by atoms with Crippen molar-refractivity contribution in [1.29, 1.82) is 0 Å². The van der Waals surface area contributed by atoms with Crippen LogP contribution in [0.4, 0.5) is 9.59 Å². The molecule has 1 heterocycles. The lowest BCUT2D eigenvalue weighted by atomic mass is 10.2. The molecule has 0 unspecified atom stereocenters. The second-order valence-electron chi connectivity index (χ2n) is 5.96. The molecule has 1 aliphatic rings. The van der Waals surface area contributed by atoms with Gasteiger partial charge in [0.15, 0.2) is 6.04 Å². The van der Waals surface area contributed by atoms with Crippen molar-refractivity contribution in [2.24, 2.45) is 0 Å². The molecule has 8 nitrogen and oxygen atoms in total. The summed E-state index contributed by atoms with van der Waals surface area (Å²) in [4.78, 5) is 48.8. The Morgan fingerprint density at radius 1 is 0.857 bits per heavy atom. The highest BCUT2D eigenvalue weighted by molar-refractivity contribution is 6.02. The summed E-state index contributed by atoms with van der Waals surface area (Å²) < 4.78 is 14.7. The molecule has 8 heteroatoms. The van der Waals surface area contributed by atoms with Gasteiger partial charge in [0, 0.05) is 0 Å². The Kier molecular flexibility index (Phi) is 6.01. The van der Waals surface area contributed by atoms with Crippen LogP contribution in [0, 0.1) is 0 Å². The van der Waals surface area contributed by atoms with E-state index in [9.17, 15) is 19.2 Å². The highest BCUT2D eigenvalue weighted by atomic mass is 16.6. The average molecular weight is 383 g/mol. The van der Waals surface area contributed by atoms with Crippen LogP contribution in [0.5, 0.6) is 0 Å². The smallest absolute Gasteiger partial charge is 0.420 e. The highest BCUT2D eigenvalue weighted by Crippen LogP contribution is 2.19. The predicted octanol–water partition coefficient (Wildman–Crippen LogP) is 2.80. The Balaban J connectivity index is 1.70. The Morgan fingerprint density at radius 2 is 1.32 bits per heavy atom. The van der Waals surface area contributed by atoms with Gasteiger partial charge in [0.2, 0.25) is 0 Å². The first-order valence-corrected chi connectivity index (χ1v) is 8.49. The number of rotatable bonds is 5. The van der Waals surface area contributed by atoms with E-state index in [4.69, 9.17) is 9.47 Å². The van der Waals surface area contributed by atoms with Crippen molar-refractivity contribution in [3.05, 3.63) is 71.8 Å². The molecule has 1 aliphatic heterocycles. The summed E-state index contributed by atoms with van der Waals surface area (Å²) >= 11 is 0. The van der Waals surface area contributed by atoms with Gasteiger partial charge in [-0.3, -0.25) is 4.79 Å². The van der Waals surface area contributed by atoms with Crippen LogP contribution in [0.1, 0.15) is 17.5 Å². The first-order chi connectivity index (χ1) is 13.5. The second-order valence-corrected chi connectivity index (χ2v) is 5.96. The number of cyclic esters (lactones) is 2. The third-order valence-electron chi connectivity index (χ3n) is 3.96. The normalized spacial score (nSPS) is 15.6. The van der Waals surface area contributed by atoms with Gasteiger partial charge in [0.25, 0.3) is 0 Å². The van der Waals surface area contributed by atoms with Gasteiger partial charge in [-0.05, 0) is 11.1 Å². The summed E-state index contributed by atoms with van der Waals surface area (Å²) in [5, 5.41) is 0. The molecular weight excluding hydrogens is 366 g/mol. The summed E-state index contributed by atoms with van der Waals surface area (Å²) in [6.45, 7) is -0.226. The monoisotopic (exact) mass is 383 g/mol. The van der Waals surface area contributed by atoms with E-state index in [-0.39, 0.29) is 13.2 Å². The van der Waals surface area contributed by atoms with Gasteiger partial charge in [0.05, 0.1) is 6.42 Å². The number of ether oxygens (including phenoxy) is 3. The number of amides is 2. The molecule has 0 N–H and O–H groups in total. The molecule has 0 aromatic heterocycles. The van der Waals surface area contributed by atoms with E-state index in [0.717, 1.165) is 0 Å². The van der Waals surface area contributed by atoms with E-state index in [0.29, 0.717) is 16.0 Å². The fraction of sp³-hybridized carbons (Fsp3) is 0.200. The molecule has 1 fully saturated rings. The minimum Gasteiger partial charge on any atom is -0.444 e. The summed E-state index contributed by atoms with van der Waals surface area (Å²) in [6.07, 6.45) is -2.64. The van der Waals surface area contributed by atoms with Crippen molar-refractivity contribution in [2.75, 3.05) is 0 Å². The zero-order valence-electron chi connectivity index (χ0n) is 14.8. The number of benzene rings is 2. The molecule has 0 radical (unpaired) electrons. The fourth-order valence-corrected chi connectivity index (χ4v) is 2.57. The lowest BCUT2D eigenvalue weighted by molar-refractivity contribution is -0.153. The number of hydrogen-bond acceptors (Lipinski definition) is 7. The number of carbonyl (C=O) groups is 4. The molecule has 144 valence electrons. The van der Waals surface area contributed by atoms with Crippen LogP contribution in [0.2, 0.25) is 0 Å². The van der Waals surface area contributed by atoms with E-state index in [1.807, 2.05) is 0 Å². The zero-order valence-corrected chi connectivity index (χ0v) is 14.8. The maximum Gasteiger partial charge on any atom is 0.420 e. The van der Waals surface area contributed by atoms with Gasteiger partial charge < -0.3 is 14.2 Å². The second kappa shape index (κ2) is 8.81. The molecule has 0 aliphatic carbocycles. The Bertz CT molecular complexity index is 811. The molecular formula is C20H17NO7. The quantitative estimate of drug-likeness (QED) is 0.445. The summed E-state index contributed by atoms with van der Waals surface area (Å²) in [7, 11) is 0. The van der Waals surface area contributed by atoms with Crippen LogP contribution >= 0.6 is 0 Å². The topological polar surface area (TPSA) is 99.2 Å². The van der Waals surface area contributed by atoms with Crippen LogP contribution in [-0.4, -0.2) is 35.1 Å². The average Bonchev–Trinajstić information content (AvgIpc) is 3.04. The van der Waals surface area contributed by atoms with Gasteiger partial charge in [-0.1, -0.05) is 60.7 Å². The first-order valence-electron chi connectivity index (χ1n) is 8.49. The number of hydrogen-bond donors (Lipinski definition) is 0.